The molecule has 1 aliphatic heterocycles. The van der Waals surface area contributed by atoms with Crippen LogP contribution in [0.4, 0.5) is 10.6 Å². The number of rotatable bonds is 7. The van der Waals surface area contributed by atoms with Gasteiger partial charge in [-0.3, -0.25) is 5.32 Å². The minimum atomic E-state index is -1.78. The molecule has 11 nitrogen and oxygen atoms in total. The van der Waals surface area contributed by atoms with Crippen LogP contribution in [0.25, 0.3) is 11.0 Å². The number of amides is 2. The first-order chi connectivity index (χ1) is 16.9. The second kappa shape index (κ2) is 9.88. The molecule has 4 atom stereocenters. The van der Waals surface area contributed by atoms with Crippen LogP contribution < -0.4 is 15.7 Å². The van der Waals surface area contributed by atoms with Crippen molar-refractivity contribution in [2.75, 3.05) is 31.5 Å². The van der Waals surface area contributed by atoms with E-state index < -0.39 is 24.5 Å². The van der Waals surface area contributed by atoms with E-state index in [1.165, 1.54) is 28.2 Å². The molecule has 1 saturated heterocycles. The number of aliphatic hydroxyl groups is 3. The van der Waals surface area contributed by atoms with Crippen LogP contribution in [0.2, 0.25) is 0 Å². The second-order valence-corrected chi connectivity index (χ2v) is 9.08. The number of hydrogen-bond acceptors (Lipinski definition) is 8. The van der Waals surface area contributed by atoms with Gasteiger partial charge in [0.05, 0.1) is 23.7 Å². The maximum atomic E-state index is 13.1. The zero-order chi connectivity index (χ0) is 24.5. The monoisotopic (exact) mass is 481 g/mol. The average molecular weight is 482 g/mol. The quantitative estimate of drug-likeness (QED) is 0.307. The lowest BCUT2D eigenvalue weighted by Gasteiger charge is -2.34. The summed E-state index contributed by atoms with van der Waals surface area (Å²) in [6, 6.07) is 6.97. The van der Waals surface area contributed by atoms with Gasteiger partial charge in [-0.05, 0) is 41.8 Å². The van der Waals surface area contributed by atoms with Crippen molar-refractivity contribution in [2.24, 2.45) is 0 Å². The van der Waals surface area contributed by atoms with E-state index in [1.807, 2.05) is 18.2 Å². The van der Waals surface area contributed by atoms with Gasteiger partial charge in [-0.2, -0.15) is 0 Å². The molecular weight excluding hydrogens is 452 g/mol. The normalized spacial score (nSPS) is 18.9. The van der Waals surface area contributed by atoms with Crippen molar-refractivity contribution in [1.29, 1.82) is 0 Å². The maximum absolute atomic E-state index is 13.1. The predicted octanol–water partition coefficient (Wildman–Crippen LogP) is -0.329. The van der Waals surface area contributed by atoms with Crippen LogP contribution in [0.5, 0.6) is 0 Å². The third kappa shape index (κ3) is 4.73. The second-order valence-electron chi connectivity index (χ2n) is 9.08. The Morgan fingerprint density at radius 2 is 1.89 bits per heavy atom. The number of piperazine rings is 1. The van der Waals surface area contributed by atoms with E-state index in [2.05, 4.69) is 20.6 Å². The summed E-state index contributed by atoms with van der Waals surface area (Å²) in [6.07, 6.45) is -1.45. The first-order valence-electron chi connectivity index (χ1n) is 11.8. The molecule has 0 saturated carbocycles. The van der Waals surface area contributed by atoms with Crippen LogP contribution in [0.3, 0.4) is 0 Å². The van der Waals surface area contributed by atoms with Gasteiger partial charge in [0, 0.05) is 38.8 Å². The fraction of sp³-hybridized carbons (Fsp3) is 0.458. The van der Waals surface area contributed by atoms with Gasteiger partial charge in [-0.15, -0.1) is 0 Å². The van der Waals surface area contributed by atoms with Crippen molar-refractivity contribution in [3.05, 3.63) is 53.5 Å². The summed E-state index contributed by atoms with van der Waals surface area (Å²) in [7, 11) is 0. The van der Waals surface area contributed by atoms with E-state index >= 15 is 0 Å². The molecule has 0 radical (unpaired) electrons. The van der Waals surface area contributed by atoms with E-state index in [0.29, 0.717) is 37.1 Å². The number of nitrogens with one attached hydrogen (secondary N) is 2. The highest BCUT2D eigenvalue weighted by Crippen LogP contribution is 2.29. The van der Waals surface area contributed by atoms with Crippen LogP contribution in [0, 0.1) is 0 Å². The number of fused-ring (bicyclic) bond motifs is 2. The Hall–Kier alpha value is -3.09. The number of carbonyl (C=O) groups is 1. The third-order valence-corrected chi connectivity index (χ3v) is 6.84. The van der Waals surface area contributed by atoms with Gasteiger partial charge in [0.2, 0.25) is 0 Å². The van der Waals surface area contributed by atoms with Gasteiger partial charge >= 0.3 is 6.03 Å². The average Bonchev–Trinajstić information content (AvgIpc) is 3.29. The minimum absolute atomic E-state index is 0.182. The molecule has 0 unspecified atom stereocenters. The molecule has 3 aromatic rings. The Labute approximate surface area is 202 Å². The van der Waals surface area contributed by atoms with E-state index in [0.717, 1.165) is 12.8 Å². The summed E-state index contributed by atoms with van der Waals surface area (Å²) >= 11 is 0. The van der Waals surface area contributed by atoms with Gasteiger partial charge < -0.3 is 35.2 Å². The fourth-order valence-corrected chi connectivity index (χ4v) is 4.61. The zero-order valence-electron chi connectivity index (χ0n) is 19.2. The number of nitrogens with zero attached hydrogens (tertiary/aromatic N) is 4. The van der Waals surface area contributed by atoms with Gasteiger partial charge in [-0.25, -0.2) is 14.8 Å². The molecule has 2 aromatic heterocycles. The molecule has 1 fully saturated rings. The van der Waals surface area contributed by atoms with Gasteiger partial charge in [-0.1, -0.05) is 18.2 Å². The van der Waals surface area contributed by atoms with Gasteiger partial charge in [0.25, 0.3) is 0 Å². The zero-order valence-corrected chi connectivity index (χ0v) is 19.2. The lowest BCUT2D eigenvalue weighted by atomic mass is 9.85. The smallest absolute Gasteiger partial charge is 0.323 e. The molecule has 1 aliphatic carbocycles. The molecule has 2 amide bonds. The molecule has 0 bridgehead atoms. The summed E-state index contributed by atoms with van der Waals surface area (Å²) in [5.74, 6) is 0.260. The standard InChI is InChI=1S/C24H29N6O5/c31-18(16-4-2-14-1-3-15(14)11-16)12-19(32)20(33)23(34)30-8-5-17-21(26-13-27-22(17)30)28-24(35)29-9-6-25-7-10-29/h2,4-5,8,11,13,18-20,23,25,31-33H,1,3,6-7,9-10,12H2,(H,26,27,28,35)/q-1/t18-,19+,20+,23+/m0/s1. The number of hydrogen-bond donors (Lipinski definition) is 5. The third-order valence-electron chi connectivity index (χ3n) is 6.84. The molecule has 186 valence electrons. The topological polar surface area (TPSA) is 159 Å². The fourth-order valence-electron chi connectivity index (χ4n) is 4.61. The first kappa shape index (κ1) is 23.6. The van der Waals surface area contributed by atoms with E-state index in [9.17, 15) is 25.2 Å². The van der Waals surface area contributed by atoms with Gasteiger partial charge in [0.1, 0.15) is 17.8 Å². The maximum Gasteiger partial charge on any atom is 0.323 e. The van der Waals surface area contributed by atoms with Crippen LogP contribution in [-0.4, -0.2) is 79.2 Å². The Morgan fingerprint density at radius 1 is 1.11 bits per heavy atom. The Bertz CT molecular complexity index is 1210. The molecule has 11 heteroatoms. The van der Waals surface area contributed by atoms with Crippen LogP contribution in [0.15, 0.2) is 36.8 Å². The minimum Gasteiger partial charge on any atom is -0.834 e. The predicted molar refractivity (Wildman–Crippen MR) is 125 cm³/mol. The highest BCUT2D eigenvalue weighted by molar-refractivity contribution is 5.97. The number of aromatic nitrogens is 3. The van der Waals surface area contributed by atoms with Gasteiger partial charge in [0.15, 0.2) is 0 Å². The first-order valence-corrected chi connectivity index (χ1v) is 11.8. The molecule has 35 heavy (non-hydrogen) atoms. The number of carbonyl (C=O) groups excluding carboxylic acids is 1. The van der Waals surface area contributed by atoms with E-state index in [-0.39, 0.29) is 23.9 Å². The summed E-state index contributed by atoms with van der Waals surface area (Å²) in [5, 5.41) is 51.1. The summed E-state index contributed by atoms with van der Waals surface area (Å²) < 4.78 is 1.20. The largest absolute Gasteiger partial charge is 0.834 e. The van der Waals surface area contributed by atoms with Crippen LogP contribution >= 0.6 is 0 Å². The van der Waals surface area contributed by atoms with Crippen molar-refractivity contribution in [3.63, 3.8) is 0 Å². The van der Waals surface area contributed by atoms with E-state index in [4.69, 9.17) is 0 Å². The van der Waals surface area contributed by atoms with Crippen LogP contribution in [-0.2, 0) is 12.8 Å². The Kier molecular flexibility index (Phi) is 6.67. The lowest BCUT2D eigenvalue weighted by Crippen LogP contribution is -2.48. The highest BCUT2D eigenvalue weighted by Gasteiger charge is 2.26. The summed E-state index contributed by atoms with van der Waals surface area (Å²) in [6.45, 7) is 2.57. The summed E-state index contributed by atoms with van der Waals surface area (Å²) in [5.41, 5.74) is 3.31. The summed E-state index contributed by atoms with van der Waals surface area (Å²) in [4.78, 5) is 22.5. The number of anilines is 1. The molecule has 2 aliphatic rings. The molecule has 0 spiro atoms. The molecule has 3 heterocycles. The molecule has 1 aromatic carbocycles. The molecule has 5 rings (SSSR count). The molecule has 5 N–H and O–H groups in total. The lowest BCUT2D eigenvalue weighted by molar-refractivity contribution is -0.473. The molecular formula is C24H29N6O5-. The number of aliphatic hydroxyl groups excluding tert-OH is 3. The Morgan fingerprint density at radius 3 is 2.60 bits per heavy atom. The van der Waals surface area contributed by atoms with Crippen molar-refractivity contribution >= 4 is 22.9 Å². The number of benzene rings is 1. The highest BCUT2D eigenvalue weighted by atomic mass is 16.4. The van der Waals surface area contributed by atoms with Crippen molar-refractivity contribution in [1.82, 2.24) is 24.8 Å². The SMILES string of the molecule is O=C(Nc1ncnc2c1ccn2[C@H]([O-])[C@H](O)[C@H](O)C[C@H](O)c1ccc2c(c1)CC2)N1CCNCC1. The van der Waals surface area contributed by atoms with E-state index in [1.54, 1.807) is 11.0 Å². The Balaban J connectivity index is 1.27. The number of aryl methyl sites for hydroxylation is 2. The number of urea groups is 1. The van der Waals surface area contributed by atoms with Crippen molar-refractivity contribution in [3.8, 4) is 0 Å². The van der Waals surface area contributed by atoms with Crippen molar-refractivity contribution in [2.45, 2.75) is 43.8 Å². The van der Waals surface area contributed by atoms with Crippen LogP contribution in [0.1, 0.15) is 35.4 Å². The van der Waals surface area contributed by atoms with Crippen molar-refractivity contribution < 1.29 is 25.2 Å².